The average Bonchev–Trinajstić information content (AvgIpc) is 2.42. The molecule has 1 aliphatic rings. The molecule has 1 N–H and O–H groups in total. The highest BCUT2D eigenvalue weighted by Gasteiger charge is 2.27. The molecule has 0 radical (unpaired) electrons. The quantitative estimate of drug-likeness (QED) is 0.842. The molecule has 110 valence electrons. The number of ether oxygens (including phenoxy) is 1. The Bertz CT molecular complexity index is 484. The van der Waals surface area contributed by atoms with E-state index in [-0.39, 0.29) is 5.97 Å². The lowest BCUT2D eigenvalue weighted by Crippen LogP contribution is -2.30. The molecule has 1 saturated carbocycles. The molecule has 20 heavy (non-hydrogen) atoms. The zero-order chi connectivity index (χ0) is 14.8. The summed E-state index contributed by atoms with van der Waals surface area (Å²) in [6.45, 7) is 6.65. The van der Waals surface area contributed by atoms with Crippen molar-refractivity contribution in [3.8, 4) is 0 Å². The van der Waals surface area contributed by atoms with E-state index in [9.17, 15) is 4.79 Å². The lowest BCUT2D eigenvalue weighted by molar-refractivity contribution is 0.0600. The van der Waals surface area contributed by atoms with Crippen LogP contribution in [-0.2, 0) is 4.74 Å². The maximum absolute atomic E-state index is 11.7. The van der Waals surface area contributed by atoms with Crippen LogP contribution in [0.1, 0.15) is 55.5 Å². The van der Waals surface area contributed by atoms with Gasteiger partial charge in [0.25, 0.3) is 0 Å². The molecule has 0 bridgehead atoms. The van der Waals surface area contributed by atoms with Gasteiger partial charge in [-0.1, -0.05) is 19.9 Å². The van der Waals surface area contributed by atoms with Crippen LogP contribution in [0, 0.1) is 12.3 Å². The van der Waals surface area contributed by atoms with Crippen LogP contribution >= 0.6 is 0 Å². The molecule has 1 aromatic rings. The summed E-state index contributed by atoms with van der Waals surface area (Å²) < 4.78 is 4.82. The Morgan fingerprint density at radius 2 is 1.95 bits per heavy atom. The fourth-order valence-electron chi connectivity index (χ4n) is 2.89. The van der Waals surface area contributed by atoms with E-state index in [1.165, 1.54) is 32.8 Å². The van der Waals surface area contributed by atoms with Gasteiger partial charge in [0.15, 0.2) is 0 Å². The largest absolute Gasteiger partial charge is 0.465 e. The minimum Gasteiger partial charge on any atom is -0.465 e. The van der Waals surface area contributed by atoms with E-state index in [2.05, 4.69) is 19.2 Å². The number of hydrogen-bond donors (Lipinski definition) is 1. The third-order valence-corrected chi connectivity index (χ3v) is 4.44. The van der Waals surface area contributed by atoms with Gasteiger partial charge >= 0.3 is 5.97 Å². The average molecular weight is 275 g/mol. The van der Waals surface area contributed by atoms with Gasteiger partial charge in [-0.2, -0.15) is 0 Å². The fraction of sp³-hybridized carbons (Fsp3) is 0.588. The highest BCUT2D eigenvalue weighted by molar-refractivity contribution is 5.92. The molecule has 1 aromatic carbocycles. The molecule has 0 aromatic heterocycles. The standard InChI is InChI=1S/C17H25NO2/c1-12-14(16(19)20-4)6-5-7-15(12)18-13-8-10-17(2,3)11-9-13/h5-7,13,18H,8-11H2,1-4H3. The van der Waals surface area contributed by atoms with E-state index in [0.717, 1.165) is 11.3 Å². The number of esters is 1. The molecule has 1 aliphatic carbocycles. The monoisotopic (exact) mass is 275 g/mol. The molecule has 0 aliphatic heterocycles. The lowest BCUT2D eigenvalue weighted by Gasteiger charge is -2.35. The van der Waals surface area contributed by atoms with E-state index in [4.69, 9.17) is 4.74 Å². The summed E-state index contributed by atoms with van der Waals surface area (Å²) in [7, 11) is 1.42. The van der Waals surface area contributed by atoms with Gasteiger partial charge in [-0.25, -0.2) is 4.79 Å². The van der Waals surface area contributed by atoms with Crippen molar-refractivity contribution in [2.45, 2.75) is 52.5 Å². The van der Waals surface area contributed by atoms with Crippen LogP contribution < -0.4 is 5.32 Å². The van der Waals surface area contributed by atoms with Crippen molar-refractivity contribution < 1.29 is 9.53 Å². The first-order valence-electron chi connectivity index (χ1n) is 7.37. The molecule has 3 nitrogen and oxygen atoms in total. The summed E-state index contributed by atoms with van der Waals surface area (Å²) in [4.78, 5) is 11.7. The summed E-state index contributed by atoms with van der Waals surface area (Å²) in [5, 5.41) is 3.60. The molecule has 0 saturated heterocycles. The van der Waals surface area contributed by atoms with E-state index in [1.807, 2.05) is 25.1 Å². The predicted molar refractivity (Wildman–Crippen MR) is 82.2 cm³/mol. The van der Waals surface area contributed by atoms with Gasteiger partial charge in [0, 0.05) is 11.7 Å². The second-order valence-electron chi connectivity index (χ2n) is 6.55. The Morgan fingerprint density at radius 1 is 1.30 bits per heavy atom. The maximum Gasteiger partial charge on any atom is 0.338 e. The Balaban J connectivity index is 2.09. The number of carbonyl (C=O) groups is 1. The van der Waals surface area contributed by atoms with Crippen molar-refractivity contribution in [2.75, 3.05) is 12.4 Å². The van der Waals surface area contributed by atoms with Crippen molar-refractivity contribution in [1.29, 1.82) is 0 Å². The second kappa shape index (κ2) is 5.86. The molecular weight excluding hydrogens is 250 g/mol. The number of hydrogen-bond acceptors (Lipinski definition) is 3. The summed E-state index contributed by atoms with van der Waals surface area (Å²) >= 11 is 0. The van der Waals surface area contributed by atoms with Crippen LogP contribution in [0.25, 0.3) is 0 Å². The molecule has 1 fully saturated rings. The minimum absolute atomic E-state index is 0.268. The van der Waals surface area contributed by atoms with Crippen LogP contribution in [0.4, 0.5) is 5.69 Å². The van der Waals surface area contributed by atoms with Gasteiger partial charge in [0.05, 0.1) is 12.7 Å². The molecular formula is C17H25NO2. The van der Waals surface area contributed by atoms with E-state index < -0.39 is 0 Å². The first-order chi connectivity index (χ1) is 9.43. The zero-order valence-corrected chi connectivity index (χ0v) is 13.0. The van der Waals surface area contributed by atoms with Gasteiger partial charge in [0.2, 0.25) is 0 Å². The van der Waals surface area contributed by atoms with Crippen molar-refractivity contribution in [3.63, 3.8) is 0 Å². The second-order valence-corrected chi connectivity index (χ2v) is 6.55. The Kier molecular flexibility index (Phi) is 4.36. The maximum atomic E-state index is 11.7. The number of anilines is 1. The van der Waals surface area contributed by atoms with Crippen molar-refractivity contribution in [2.24, 2.45) is 5.41 Å². The minimum atomic E-state index is -0.268. The van der Waals surface area contributed by atoms with Crippen LogP contribution in [0.3, 0.4) is 0 Å². The van der Waals surface area contributed by atoms with Gasteiger partial charge in [0.1, 0.15) is 0 Å². The van der Waals surface area contributed by atoms with Crippen molar-refractivity contribution in [1.82, 2.24) is 0 Å². The zero-order valence-electron chi connectivity index (χ0n) is 13.0. The van der Waals surface area contributed by atoms with E-state index >= 15 is 0 Å². The molecule has 3 heteroatoms. The Hall–Kier alpha value is -1.51. The topological polar surface area (TPSA) is 38.3 Å². The normalized spacial score (nSPS) is 18.6. The number of rotatable bonds is 3. The third kappa shape index (κ3) is 3.33. The first-order valence-corrected chi connectivity index (χ1v) is 7.37. The smallest absolute Gasteiger partial charge is 0.338 e. The Labute approximate surface area is 121 Å². The number of nitrogens with one attached hydrogen (secondary N) is 1. The predicted octanol–water partition coefficient (Wildman–Crippen LogP) is 4.16. The molecule has 0 heterocycles. The van der Waals surface area contributed by atoms with Gasteiger partial charge < -0.3 is 10.1 Å². The van der Waals surface area contributed by atoms with Crippen LogP contribution in [0.15, 0.2) is 18.2 Å². The summed E-state index contributed by atoms with van der Waals surface area (Å²) in [6, 6.07) is 6.28. The lowest BCUT2D eigenvalue weighted by atomic mass is 9.75. The van der Waals surface area contributed by atoms with Crippen LogP contribution in [0.2, 0.25) is 0 Å². The van der Waals surface area contributed by atoms with Gasteiger partial charge in [-0.3, -0.25) is 0 Å². The SMILES string of the molecule is COC(=O)c1cccc(NC2CCC(C)(C)CC2)c1C. The van der Waals surface area contributed by atoms with Crippen molar-refractivity contribution >= 4 is 11.7 Å². The van der Waals surface area contributed by atoms with Crippen LogP contribution in [-0.4, -0.2) is 19.1 Å². The highest BCUT2D eigenvalue weighted by Crippen LogP contribution is 2.36. The summed E-state index contributed by atoms with van der Waals surface area (Å²) in [5.41, 5.74) is 3.15. The van der Waals surface area contributed by atoms with Crippen molar-refractivity contribution in [3.05, 3.63) is 29.3 Å². The molecule has 0 unspecified atom stereocenters. The summed E-state index contributed by atoms with van der Waals surface area (Å²) in [5.74, 6) is -0.268. The first kappa shape index (κ1) is 14.9. The third-order valence-electron chi connectivity index (χ3n) is 4.44. The van der Waals surface area contributed by atoms with E-state index in [0.29, 0.717) is 17.0 Å². The Morgan fingerprint density at radius 3 is 2.55 bits per heavy atom. The van der Waals surface area contributed by atoms with Crippen LogP contribution in [0.5, 0.6) is 0 Å². The summed E-state index contributed by atoms with van der Waals surface area (Å²) in [6.07, 6.45) is 4.88. The molecule has 2 rings (SSSR count). The molecule has 0 atom stereocenters. The fourth-order valence-corrected chi connectivity index (χ4v) is 2.89. The highest BCUT2D eigenvalue weighted by atomic mass is 16.5. The number of carbonyl (C=O) groups excluding carboxylic acids is 1. The number of methoxy groups -OCH3 is 1. The van der Waals surface area contributed by atoms with E-state index in [1.54, 1.807) is 0 Å². The van der Waals surface area contributed by atoms with Gasteiger partial charge in [-0.15, -0.1) is 0 Å². The van der Waals surface area contributed by atoms with Gasteiger partial charge in [-0.05, 0) is 55.7 Å². The molecule has 0 spiro atoms. The molecule has 0 amide bonds. The number of benzene rings is 1.